The van der Waals surface area contributed by atoms with Crippen LogP contribution in [0.5, 0.6) is 0 Å². The first-order chi connectivity index (χ1) is 8.87. The first kappa shape index (κ1) is 14.6. The Morgan fingerprint density at radius 2 is 1.84 bits per heavy atom. The highest BCUT2D eigenvalue weighted by atomic mass is 16.5. The summed E-state index contributed by atoms with van der Waals surface area (Å²) in [4.78, 5) is 18.7. The molecule has 0 N–H and O–H groups in total. The molecule has 19 heavy (non-hydrogen) atoms. The SMILES string of the molecule is CC(C)N(C)C(=O)N1CCN(C(C)C)C2(COC2)C1. The van der Waals surface area contributed by atoms with Gasteiger partial charge in [-0.15, -0.1) is 0 Å². The summed E-state index contributed by atoms with van der Waals surface area (Å²) in [5.74, 6) is 0. The van der Waals surface area contributed by atoms with Gasteiger partial charge in [-0.05, 0) is 27.7 Å². The zero-order valence-electron chi connectivity index (χ0n) is 12.8. The molecule has 0 radical (unpaired) electrons. The monoisotopic (exact) mass is 269 g/mol. The molecule has 0 unspecified atom stereocenters. The largest absolute Gasteiger partial charge is 0.377 e. The Labute approximate surface area is 116 Å². The number of carbonyl (C=O) groups is 1. The second-order valence-corrected chi connectivity index (χ2v) is 6.41. The van der Waals surface area contributed by atoms with Crippen molar-refractivity contribution in [1.82, 2.24) is 14.7 Å². The Bertz CT molecular complexity index is 340. The smallest absolute Gasteiger partial charge is 0.320 e. The Hall–Kier alpha value is -0.810. The van der Waals surface area contributed by atoms with Gasteiger partial charge in [0.25, 0.3) is 0 Å². The molecule has 2 aliphatic heterocycles. The number of ether oxygens (including phenoxy) is 1. The van der Waals surface area contributed by atoms with E-state index in [2.05, 4.69) is 18.7 Å². The minimum Gasteiger partial charge on any atom is -0.377 e. The van der Waals surface area contributed by atoms with Crippen LogP contribution in [0.3, 0.4) is 0 Å². The van der Waals surface area contributed by atoms with Crippen molar-refractivity contribution >= 4 is 6.03 Å². The summed E-state index contributed by atoms with van der Waals surface area (Å²) in [5.41, 5.74) is 0.0555. The molecule has 0 bridgehead atoms. The van der Waals surface area contributed by atoms with E-state index in [1.165, 1.54) is 0 Å². The quantitative estimate of drug-likeness (QED) is 0.757. The van der Waals surface area contributed by atoms with Gasteiger partial charge in [0.05, 0.1) is 18.8 Å². The number of nitrogens with zero attached hydrogens (tertiary/aromatic N) is 3. The van der Waals surface area contributed by atoms with Gasteiger partial charge in [0.2, 0.25) is 0 Å². The fourth-order valence-corrected chi connectivity index (χ4v) is 3.00. The lowest BCUT2D eigenvalue weighted by Crippen LogP contribution is -2.73. The fourth-order valence-electron chi connectivity index (χ4n) is 3.00. The third-order valence-corrected chi connectivity index (χ3v) is 4.42. The van der Waals surface area contributed by atoms with Crippen molar-refractivity contribution in [3.05, 3.63) is 0 Å². The number of hydrogen-bond donors (Lipinski definition) is 0. The van der Waals surface area contributed by atoms with Crippen molar-refractivity contribution in [1.29, 1.82) is 0 Å². The van der Waals surface area contributed by atoms with Gasteiger partial charge < -0.3 is 14.5 Å². The topological polar surface area (TPSA) is 36.0 Å². The van der Waals surface area contributed by atoms with E-state index >= 15 is 0 Å². The van der Waals surface area contributed by atoms with Crippen molar-refractivity contribution in [2.24, 2.45) is 0 Å². The molecule has 2 aliphatic rings. The average molecular weight is 269 g/mol. The maximum Gasteiger partial charge on any atom is 0.320 e. The second-order valence-electron chi connectivity index (χ2n) is 6.41. The third kappa shape index (κ3) is 2.58. The first-order valence-electron chi connectivity index (χ1n) is 7.23. The van der Waals surface area contributed by atoms with E-state index in [1.807, 2.05) is 30.7 Å². The lowest BCUT2D eigenvalue weighted by molar-refractivity contribution is -0.173. The molecule has 2 saturated heterocycles. The summed E-state index contributed by atoms with van der Waals surface area (Å²) < 4.78 is 5.44. The molecule has 0 aromatic heterocycles. The van der Waals surface area contributed by atoms with Gasteiger partial charge in [-0.1, -0.05) is 0 Å². The molecule has 0 saturated carbocycles. The zero-order chi connectivity index (χ0) is 14.2. The molecule has 0 aromatic carbocycles. The van der Waals surface area contributed by atoms with Crippen molar-refractivity contribution in [2.45, 2.75) is 45.3 Å². The summed E-state index contributed by atoms with van der Waals surface area (Å²) in [6, 6.07) is 0.887. The molecular formula is C14H27N3O2. The van der Waals surface area contributed by atoms with Crippen LogP contribution >= 0.6 is 0 Å². The highest BCUT2D eigenvalue weighted by Gasteiger charge is 2.49. The van der Waals surface area contributed by atoms with Gasteiger partial charge in [-0.2, -0.15) is 0 Å². The van der Waals surface area contributed by atoms with E-state index in [0.29, 0.717) is 6.04 Å². The van der Waals surface area contributed by atoms with E-state index in [4.69, 9.17) is 4.74 Å². The van der Waals surface area contributed by atoms with Gasteiger partial charge >= 0.3 is 6.03 Å². The molecule has 0 atom stereocenters. The second kappa shape index (κ2) is 5.29. The van der Waals surface area contributed by atoms with Crippen LogP contribution in [0.15, 0.2) is 0 Å². The molecule has 2 heterocycles. The number of piperazine rings is 1. The molecule has 1 spiro atoms. The third-order valence-electron chi connectivity index (χ3n) is 4.42. The number of amides is 2. The lowest BCUT2D eigenvalue weighted by Gasteiger charge is -2.57. The Morgan fingerprint density at radius 1 is 1.21 bits per heavy atom. The van der Waals surface area contributed by atoms with Crippen LogP contribution in [0.1, 0.15) is 27.7 Å². The molecule has 110 valence electrons. The van der Waals surface area contributed by atoms with E-state index in [9.17, 15) is 4.79 Å². The highest BCUT2D eigenvalue weighted by Crippen LogP contribution is 2.31. The highest BCUT2D eigenvalue weighted by molar-refractivity contribution is 5.74. The zero-order valence-corrected chi connectivity index (χ0v) is 12.8. The summed E-state index contributed by atoms with van der Waals surface area (Å²) >= 11 is 0. The normalized spacial score (nSPS) is 23.0. The van der Waals surface area contributed by atoms with Gasteiger partial charge in [-0.3, -0.25) is 4.90 Å². The van der Waals surface area contributed by atoms with Gasteiger partial charge in [0.1, 0.15) is 0 Å². The molecule has 0 aromatic rings. The summed E-state index contributed by atoms with van der Waals surface area (Å²) in [6.07, 6.45) is 0. The Morgan fingerprint density at radius 3 is 2.26 bits per heavy atom. The number of hydrogen-bond acceptors (Lipinski definition) is 3. The molecule has 2 fully saturated rings. The number of rotatable bonds is 2. The fraction of sp³-hybridized carbons (Fsp3) is 0.929. The van der Waals surface area contributed by atoms with Crippen molar-refractivity contribution in [3.8, 4) is 0 Å². The van der Waals surface area contributed by atoms with E-state index < -0.39 is 0 Å². The summed E-state index contributed by atoms with van der Waals surface area (Å²) in [5, 5.41) is 0. The van der Waals surface area contributed by atoms with Crippen LogP contribution in [0.25, 0.3) is 0 Å². The van der Waals surface area contributed by atoms with Gasteiger partial charge in [0, 0.05) is 38.8 Å². The first-order valence-corrected chi connectivity index (χ1v) is 7.23. The van der Waals surface area contributed by atoms with Crippen LogP contribution in [-0.4, -0.2) is 78.2 Å². The predicted octanol–water partition coefficient (Wildman–Crippen LogP) is 1.24. The molecule has 5 heteroatoms. The average Bonchev–Trinajstić information content (AvgIpc) is 2.33. The van der Waals surface area contributed by atoms with Crippen LogP contribution in [-0.2, 0) is 4.74 Å². The maximum atomic E-state index is 12.4. The predicted molar refractivity (Wildman–Crippen MR) is 75.3 cm³/mol. The minimum absolute atomic E-state index is 0.0555. The Balaban J connectivity index is 2.06. The van der Waals surface area contributed by atoms with E-state index in [-0.39, 0.29) is 17.6 Å². The van der Waals surface area contributed by atoms with Crippen LogP contribution in [0.4, 0.5) is 4.79 Å². The Kier molecular flexibility index (Phi) is 4.06. The van der Waals surface area contributed by atoms with Crippen LogP contribution < -0.4 is 0 Å². The minimum atomic E-state index is 0.0555. The van der Waals surface area contributed by atoms with Crippen LogP contribution in [0, 0.1) is 0 Å². The van der Waals surface area contributed by atoms with Crippen molar-refractivity contribution in [3.63, 3.8) is 0 Å². The van der Waals surface area contributed by atoms with Crippen LogP contribution in [0.2, 0.25) is 0 Å². The van der Waals surface area contributed by atoms with Gasteiger partial charge in [-0.25, -0.2) is 4.79 Å². The standard InChI is InChI=1S/C14H27N3O2/c1-11(2)15(5)13(18)16-6-7-17(12(3)4)14(8-16)9-19-10-14/h11-12H,6-10H2,1-5H3. The van der Waals surface area contributed by atoms with E-state index in [1.54, 1.807) is 0 Å². The molecule has 0 aliphatic carbocycles. The van der Waals surface area contributed by atoms with E-state index in [0.717, 1.165) is 32.8 Å². The molecule has 2 amide bonds. The summed E-state index contributed by atoms with van der Waals surface area (Å²) in [6.45, 7) is 12.6. The molecule has 2 rings (SSSR count). The summed E-state index contributed by atoms with van der Waals surface area (Å²) in [7, 11) is 1.88. The molecule has 5 nitrogen and oxygen atoms in total. The lowest BCUT2D eigenvalue weighted by atomic mass is 9.90. The van der Waals surface area contributed by atoms with Gasteiger partial charge in [0.15, 0.2) is 0 Å². The number of urea groups is 1. The van der Waals surface area contributed by atoms with Crippen molar-refractivity contribution in [2.75, 3.05) is 39.9 Å². The maximum absolute atomic E-state index is 12.4. The number of carbonyl (C=O) groups excluding carboxylic acids is 1. The molecular weight excluding hydrogens is 242 g/mol. The van der Waals surface area contributed by atoms with Crippen molar-refractivity contribution < 1.29 is 9.53 Å².